The SMILES string of the molecule is CCCN(C)CC1CCN(C(=O)CCCN)C1.Cl.Cl. The molecule has 0 aromatic carbocycles. The minimum atomic E-state index is 0. The van der Waals surface area contributed by atoms with Crippen molar-refractivity contribution in [3.8, 4) is 0 Å². The van der Waals surface area contributed by atoms with Gasteiger partial charge >= 0.3 is 0 Å². The number of carbonyl (C=O) groups excluding carboxylic acids is 1. The van der Waals surface area contributed by atoms with E-state index in [1.54, 1.807) is 0 Å². The van der Waals surface area contributed by atoms with Gasteiger partial charge < -0.3 is 15.5 Å². The number of hydrogen-bond acceptors (Lipinski definition) is 3. The Hall–Kier alpha value is -0.0300. The van der Waals surface area contributed by atoms with Crippen molar-refractivity contribution in [3.05, 3.63) is 0 Å². The van der Waals surface area contributed by atoms with Crippen LogP contribution < -0.4 is 5.73 Å². The highest BCUT2D eigenvalue weighted by Gasteiger charge is 2.26. The molecule has 0 aromatic heterocycles. The van der Waals surface area contributed by atoms with E-state index in [4.69, 9.17) is 5.73 Å². The van der Waals surface area contributed by atoms with E-state index in [2.05, 4.69) is 18.9 Å². The summed E-state index contributed by atoms with van der Waals surface area (Å²) in [4.78, 5) is 16.2. The van der Waals surface area contributed by atoms with Crippen molar-refractivity contribution in [1.29, 1.82) is 0 Å². The monoisotopic (exact) mass is 313 g/mol. The summed E-state index contributed by atoms with van der Waals surface area (Å²) < 4.78 is 0. The highest BCUT2D eigenvalue weighted by atomic mass is 35.5. The normalized spacial score (nSPS) is 18.1. The summed E-state index contributed by atoms with van der Waals surface area (Å²) in [6, 6.07) is 0. The molecule has 0 aliphatic carbocycles. The molecule has 1 atom stereocenters. The highest BCUT2D eigenvalue weighted by molar-refractivity contribution is 5.85. The maximum atomic E-state index is 11.8. The largest absolute Gasteiger partial charge is 0.342 e. The fourth-order valence-electron chi connectivity index (χ4n) is 2.53. The molecule has 0 aromatic rings. The fraction of sp³-hybridized carbons (Fsp3) is 0.923. The molecule has 6 heteroatoms. The molecule has 1 saturated heterocycles. The number of nitrogens with two attached hydrogens (primary N) is 1. The van der Waals surface area contributed by atoms with Crippen LogP contribution >= 0.6 is 24.8 Å². The first kappa shape index (κ1) is 21.3. The van der Waals surface area contributed by atoms with Crippen molar-refractivity contribution >= 4 is 30.7 Å². The number of rotatable bonds is 7. The average Bonchev–Trinajstić information content (AvgIpc) is 2.74. The van der Waals surface area contributed by atoms with Crippen molar-refractivity contribution in [2.24, 2.45) is 11.7 Å². The van der Waals surface area contributed by atoms with Crippen LogP contribution in [0.25, 0.3) is 0 Å². The fourth-order valence-corrected chi connectivity index (χ4v) is 2.53. The lowest BCUT2D eigenvalue weighted by Gasteiger charge is -2.21. The van der Waals surface area contributed by atoms with E-state index < -0.39 is 0 Å². The molecule has 1 aliphatic heterocycles. The lowest BCUT2D eigenvalue weighted by molar-refractivity contribution is -0.130. The number of nitrogens with zero attached hydrogens (tertiary/aromatic N) is 2. The molecular formula is C13H29Cl2N3O. The number of amides is 1. The summed E-state index contributed by atoms with van der Waals surface area (Å²) >= 11 is 0. The molecule has 1 aliphatic rings. The minimum absolute atomic E-state index is 0. The number of carbonyl (C=O) groups is 1. The molecule has 1 heterocycles. The summed E-state index contributed by atoms with van der Waals surface area (Å²) in [5, 5.41) is 0. The quantitative estimate of drug-likeness (QED) is 0.779. The molecule has 1 fully saturated rings. The Morgan fingerprint density at radius 1 is 1.42 bits per heavy atom. The zero-order chi connectivity index (χ0) is 12.7. The molecule has 19 heavy (non-hydrogen) atoms. The van der Waals surface area contributed by atoms with Gasteiger partial charge in [0.2, 0.25) is 5.91 Å². The second-order valence-electron chi connectivity index (χ2n) is 5.15. The third-order valence-corrected chi connectivity index (χ3v) is 3.41. The molecule has 0 bridgehead atoms. The summed E-state index contributed by atoms with van der Waals surface area (Å²) in [5.41, 5.74) is 5.42. The standard InChI is InChI=1S/C13H27N3O.2ClH/c1-3-8-15(2)10-12-6-9-16(11-12)13(17)5-4-7-14;;/h12H,3-11,14H2,1-2H3;2*1H. The lowest BCUT2D eigenvalue weighted by atomic mass is 10.1. The van der Waals surface area contributed by atoms with Gasteiger partial charge in [-0.15, -0.1) is 24.8 Å². The number of likely N-dealkylation sites (tertiary alicyclic amines) is 1. The summed E-state index contributed by atoms with van der Waals surface area (Å²) in [6.45, 7) is 6.97. The van der Waals surface area contributed by atoms with Crippen LogP contribution in [-0.4, -0.2) is 55.5 Å². The molecule has 0 spiro atoms. The van der Waals surface area contributed by atoms with E-state index in [1.807, 2.05) is 4.90 Å². The molecule has 0 radical (unpaired) electrons. The Labute approximate surface area is 129 Å². The van der Waals surface area contributed by atoms with Gasteiger partial charge in [0.05, 0.1) is 0 Å². The van der Waals surface area contributed by atoms with Gasteiger partial charge in [0, 0.05) is 26.1 Å². The van der Waals surface area contributed by atoms with E-state index >= 15 is 0 Å². The first-order valence-corrected chi connectivity index (χ1v) is 6.83. The van der Waals surface area contributed by atoms with Crippen molar-refractivity contribution in [3.63, 3.8) is 0 Å². The molecule has 1 rings (SSSR count). The van der Waals surface area contributed by atoms with Gasteiger partial charge in [0.1, 0.15) is 0 Å². The van der Waals surface area contributed by atoms with Crippen LogP contribution in [0.1, 0.15) is 32.6 Å². The van der Waals surface area contributed by atoms with Gasteiger partial charge in [0.25, 0.3) is 0 Å². The van der Waals surface area contributed by atoms with Crippen LogP contribution in [0, 0.1) is 5.92 Å². The molecule has 1 amide bonds. The highest BCUT2D eigenvalue weighted by Crippen LogP contribution is 2.18. The third kappa shape index (κ3) is 7.98. The summed E-state index contributed by atoms with van der Waals surface area (Å²) in [7, 11) is 2.17. The second kappa shape index (κ2) is 11.8. The molecule has 4 nitrogen and oxygen atoms in total. The Balaban J connectivity index is 0. The van der Waals surface area contributed by atoms with E-state index in [-0.39, 0.29) is 30.7 Å². The zero-order valence-electron chi connectivity index (χ0n) is 12.1. The summed E-state index contributed by atoms with van der Waals surface area (Å²) in [6.07, 6.45) is 3.79. The smallest absolute Gasteiger partial charge is 0.222 e. The van der Waals surface area contributed by atoms with E-state index in [1.165, 1.54) is 6.42 Å². The first-order valence-electron chi connectivity index (χ1n) is 6.83. The maximum absolute atomic E-state index is 11.8. The van der Waals surface area contributed by atoms with Crippen LogP contribution in [-0.2, 0) is 4.79 Å². The molecule has 1 unspecified atom stereocenters. The maximum Gasteiger partial charge on any atom is 0.222 e. The van der Waals surface area contributed by atoms with Gasteiger partial charge in [-0.25, -0.2) is 0 Å². The molecular weight excluding hydrogens is 285 g/mol. The van der Waals surface area contributed by atoms with Crippen molar-refractivity contribution in [2.45, 2.75) is 32.6 Å². The minimum Gasteiger partial charge on any atom is -0.342 e. The van der Waals surface area contributed by atoms with Crippen LogP contribution in [0.4, 0.5) is 0 Å². The Bertz CT molecular complexity index is 242. The van der Waals surface area contributed by atoms with Gasteiger partial charge in [0.15, 0.2) is 0 Å². The Morgan fingerprint density at radius 3 is 2.68 bits per heavy atom. The van der Waals surface area contributed by atoms with Gasteiger partial charge in [-0.2, -0.15) is 0 Å². The third-order valence-electron chi connectivity index (χ3n) is 3.41. The number of hydrogen-bond donors (Lipinski definition) is 1. The van der Waals surface area contributed by atoms with Gasteiger partial charge in [-0.3, -0.25) is 4.79 Å². The number of halogens is 2. The zero-order valence-corrected chi connectivity index (χ0v) is 13.8. The summed E-state index contributed by atoms with van der Waals surface area (Å²) in [5.74, 6) is 0.949. The topological polar surface area (TPSA) is 49.6 Å². The Kier molecular flexibility index (Phi) is 13.2. The van der Waals surface area contributed by atoms with Gasteiger partial charge in [-0.05, 0) is 45.3 Å². The van der Waals surface area contributed by atoms with E-state index in [9.17, 15) is 4.79 Å². The van der Waals surface area contributed by atoms with E-state index in [0.717, 1.165) is 39.0 Å². The second-order valence-corrected chi connectivity index (χ2v) is 5.15. The van der Waals surface area contributed by atoms with Crippen molar-refractivity contribution < 1.29 is 4.79 Å². The van der Waals surface area contributed by atoms with Crippen LogP contribution in [0.15, 0.2) is 0 Å². The van der Waals surface area contributed by atoms with Crippen LogP contribution in [0.2, 0.25) is 0 Å². The Morgan fingerprint density at radius 2 is 2.11 bits per heavy atom. The molecule has 116 valence electrons. The van der Waals surface area contributed by atoms with Crippen molar-refractivity contribution in [2.75, 3.05) is 39.8 Å². The predicted molar refractivity (Wildman–Crippen MR) is 85.3 cm³/mol. The predicted octanol–water partition coefficient (Wildman–Crippen LogP) is 1.76. The van der Waals surface area contributed by atoms with Gasteiger partial charge in [-0.1, -0.05) is 6.92 Å². The van der Waals surface area contributed by atoms with Crippen molar-refractivity contribution in [1.82, 2.24) is 9.80 Å². The van der Waals surface area contributed by atoms with E-state index in [0.29, 0.717) is 18.9 Å². The van der Waals surface area contributed by atoms with Crippen LogP contribution in [0.5, 0.6) is 0 Å². The molecule has 0 saturated carbocycles. The first-order chi connectivity index (χ1) is 8.17. The van der Waals surface area contributed by atoms with Crippen LogP contribution in [0.3, 0.4) is 0 Å². The average molecular weight is 314 g/mol. The lowest BCUT2D eigenvalue weighted by Crippen LogP contribution is -2.32. The molecule has 2 N–H and O–H groups in total.